The summed E-state index contributed by atoms with van der Waals surface area (Å²) >= 11 is 0.212. The monoisotopic (exact) mass is 319 g/mol. The zero-order valence-corrected chi connectivity index (χ0v) is 12.1. The first-order chi connectivity index (χ1) is 9.27. The van der Waals surface area contributed by atoms with Crippen molar-refractivity contribution in [1.82, 2.24) is 0 Å². The summed E-state index contributed by atoms with van der Waals surface area (Å²) < 4.78 is 1.01. The molecule has 0 spiro atoms. The van der Waals surface area contributed by atoms with Crippen LogP contribution in [-0.4, -0.2) is 31.7 Å². The summed E-state index contributed by atoms with van der Waals surface area (Å²) in [6, 6.07) is 16.4. The fourth-order valence-corrected chi connectivity index (χ4v) is 3.04. The van der Waals surface area contributed by atoms with Gasteiger partial charge in [-0.25, -0.2) is 0 Å². The first-order valence-electron chi connectivity index (χ1n) is 5.73. The summed E-state index contributed by atoms with van der Waals surface area (Å²) in [5.74, 6) is 1.81. The number of rotatable bonds is 4. The maximum atomic E-state index is 12.5. The molecule has 96 valence electrons. The van der Waals surface area contributed by atoms with Crippen LogP contribution in [-0.2, 0) is 0 Å². The molecule has 0 unspecified atom stereocenters. The Balaban J connectivity index is 2.43. The van der Waals surface area contributed by atoms with Gasteiger partial charge in [0.2, 0.25) is 0 Å². The van der Waals surface area contributed by atoms with Crippen LogP contribution in [0.4, 0.5) is 0 Å². The number of carbonyl (C=O) groups excluding carboxylic acids is 1. The molecule has 2 aromatic carbocycles. The third-order valence-corrected chi connectivity index (χ3v) is 4.38. The normalized spacial score (nSPS) is 11.3. The number of benzene rings is 2. The quantitative estimate of drug-likeness (QED) is 0.309. The van der Waals surface area contributed by atoms with E-state index in [1.165, 1.54) is 0 Å². The van der Waals surface area contributed by atoms with Crippen LogP contribution >= 0.6 is 0 Å². The molecule has 0 aliphatic rings. The SMILES string of the molecule is C[Se]c1ccccc1C(=O)/C(=N/O)c1ccccc1. The first kappa shape index (κ1) is 13.5. The number of carbonyl (C=O) groups is 1. The van der Waals surface area contributed by atoms with E-state index in [-0.39, 0.29) is 26.5 Å². The summed E-state index contributed by atoms with van der Waals surface area (Å²) in [6.07, 6.45) is 0. The molecule has 19 heavy (non-hydrogen) atoms. The molecular formula is C15H13NO2Se. The number of oxime groups is 1. The van der Waals surface area contributed by atoms with Crippen LogP contribution in [0.1, 0.15) is 15.9 Å². The second kappa shape index (κ2) is 6.32. The van der Waals surface area contributed by atoms with E-state index in [2.05, 4.69) is 11.0 Å². The zero-order valence-electron chi connectivity index (χ0n) is 10.4. The average molecular weight is 318 g/mol. The zero-order chi connectivity index (χ0) is 13.7. The molecule has 0 fully saturated rings. The number of ketones is 1. The number of Topliss-reactive ketones (excluding diaryl/α,β-unsaturated/α-hetero) is 1. The molecule has 0 aliphatic heterocycles. The topological polar surface area (TPSA) is 49.7 Å². The molecule has 0 amide bonds. The molecule has 0 heterocycles. The van der Waals surface area contributed by atoms with Gasteiger partial charge in [0.25, 0.3) is 0 Å². The fraction of sp³-hybridized carbons (Fsp3) is 0.0667. The van der Waals surface area contributed by atoms with Gasteiger partial charge in [-0.1, -0.05) is 0 Å². The Kier molecular flexibility index (Phi) is 4.50. The van der Waals surface area contributed by atoms with Gasteiger partial charge in [-0.2, -0.15) is 0 Å². The number of hydrogen-bond donors (Lipinski definition) is 1. The van der Waals surface area contributed by atoms with Crippen LogP contribution in [0, 0.1) is 0 Å². The Morgan fingerprint density at radius 1 is 1.05 bits per heavy atom. The van der Waals surface area contributed by atoms with E-state index in [1.807, 2.05) is 36.4 Å². The Morgan fingerprint density at radius 2 is 1.68 bits per heavy atom. The molecule has 1 N–H and O–H groups in total. The van der Waals surface area contributed by atoms with E-state index in [9.17, 15) is 4.79 Å². The average Bonchev–Trinajstić information content (AvgIpc) is 2.49. The third kappa shape index (κ3) is 2.92. The van der Waals surface area contributed by atoms with Crippen molar-refractivity contribution in [1.29, 1.82) is 0 Å². The summed E-state index contributed by atoms with van der Waals surface area (Å²) in [7, 11) is 0. The van der Waals surface area contributed by atoms with Crippen molar-refractivity contribution in [3.05, 3.63) is 65.7 Å². The van der Waals surface area contributed by atoms with Crippen LogP contribution in [0.3, 0.4) is 0 Å². The Labute approximate surface area is 118 Å². The molecule has 0 aliphatic carbocycles. The van der Waals surface area contributed by atoms with Crippen LogP contribution in [0.25, 0.3) is 0 Å². The van der Waals surface area contributed by atoms with Crippen molar-refractivity contribution in [3.63, 3.8) is 0 Å². The van der Waals surface area contributed by atoms with E-state index in [0.29, 0.717) is 11.1 Å². The van der Waals surface area contributed by atoms with Gasteiger partial charge in [0, 0.05) is 0 Å². The van der Waals surface area contributed by atoms with Crippen LogP contribution in [0.15, 0.2) is 59.8 Å². The van der Waals surface area contributed by atoms with E-state index in [4.69, 9.17) is 5.21 Å². The molecule has 0 aromatic heterocycles. The van der Waals surface area contributed by atoms with Crippen molar-refractivity contribution in [2.45, 2.75) is 5.82 Å². The van der Waals surface area contributed by atoms with Crippen molar-refractivity contribution >= 4 is 30.9 Å². The predicted octanol–water partition coefficient (Wildman–Crippen LogP) is 2.13. The fourth-order valence-electron chi connectivity index (χ4n) is 1.79. The van der Waals surface area contributed by atoms with E-state index >= 15 is 0 Å². The maximum absolute atomic E-state index is 12.5. The van der Waals surface area contributed by atoms with Gasteiger partial charge < -0.3 is 0 Å². The van der Waals surface area contributed by atoms with Gasteiger partial charge in [-0.05, 0) is 0 Å². The van der Waals surface area contributed by atoms with Crippen LogP contribution in [0.2, 0.25) is 5.82 Å². The summed E-state index contributed by atoms with van der Waals surface area (Å²) in [6.45, 7) is 0. The van der Waals surface area contributed by atoms with E-state index in [0.717, 1.165) is 4.46 Å². The predicted molar refractivity (Wildman–Crippen MR) is 76.8 cm³/mol. The van der Waals surface area contributed by atoms with Gasteiger partial charge in [-0.15, -0.1) is 0 Å². The third-order valence-electron chi connectivity index (χ3n) is 2.71. The Hall–Kier alpha value is -1.90. The van der Waals surface area contributed by atoms with Gasteiger partial charge in [-0.3, -0.25) is 0 Å². The Morgan fingerprint density at radius 3 is 2.32 bits per heavy atom. The molecule has 3 nitrogen and oxygen atoms in total. The van der Waals surface area contributed by atoms with Crippen molar-refractivity contribution in [3.8, 4) is 0 Å². The number of hydrogen-bond acceptors (Lipinski definition) is 3. The molecule has 0 saturated heterocycles. The second-order valence-corrected chi connectivity index (χ2v) is 5.62. The Bertz CT molecular complexity index is 609. The molecule has 2 rings (SSSR count). The second-order valence-electron chi connectivity index (χ2n) is 3.84. The van der Waals surface area contributed by atoms with E-state index < -0.39 is 0 Å². The standard InChI is InChI=1S/C15H13NO2Se/c1-19-13-10-6-5-9-12(13)15(17)14(16-18)11-7-3-2-4-8-11/h2-10,18H,1H3/b16-14+. The van der Waals surface area contributed by atoms with Gasteiger partial charge in [0.05, 0.1) is 0 Å². The molecule has 0 radical (unpaired) electrons. The van der Waals surface area contributed by atoms with Gasteiger partial charge in [0.15, 0.2) is 0 Å². The summed E-state index contributed by atoms with van der Waals surface area (Å²) in [5, 5.41) is 12.3. The van der Waals surface area contributed by atoms with Crippen LogP contribution < -0.4 is 4.46 Å². The van der Waals surface area contributed by atoms with Crippen molar-refractivity contribution in [2.24, 2.45) is 5.16 Å². The molecule has 0 bridgehead atoms. The molecule has 0 atom stereocenters. The van der Waals surface area contributed by atoms with Crippen molar-refractivity contribution in [2.75, 3.05) is 0 Å². The van der Waals surface area contributed by atoms with Crippen LogP contribution in [0.5, 0.6) is 0 Å². The molecule has 2 aromatic rings. The minimum absolute atomic E-state index is 0.0808. The van der Waals surface area contributed by atoms with Crippen molar-refractivity contribution < 1.29 is 10.0 Å². The summed E-state index contributed by atoms with van der Waals surface area (Å²) in [5.41, 5.74) is 1.31. The first-order valence-corrected chi connectivity index (χ1v) is 8.30. The van der Waals surface area contributed by atoms with Gasteiger partial charge >= 0.3 is 118 Å². The molecular weight excluding hydrogens is 305 g/mol. The molecule has 0 saturated carbocycles. The molecule has 4 heteroatoms. The summed E-state index contributed by atoms with van der Waals surface area (Å²) in [4.78, 5) is 12.5. The van der Waals surface area contributed by atoms with Gasteiger partial charge in [0.1, 0.15) is 0 Å². The van der Waals surface area contributed by atoms with E-state index in [1.54, 1.807) is 18.2 Å². The minimum atomic E-state index is -0.243. The number of nitrogens with zero attached hydrogens (tertiary/aromatic N) is 1.